The molecule has 1 saturated heterocycles. The smallest absolute Gasteiger partial charge is 0.311 e. The molecule has 0 radical (unpaired) electrons. The van der Waals surface area contributed by atoms with Gasteiger partial charge in [0.25, 0.3) is 0 Å². The second-order valence-corrected chi connectivity index (χ2v) is 11.5. The Labute approximate surface area is 231 Å². The number of aliphatic carboxylic acids is 1. The fourth-order valence-corrected chi connectivity index (χ4v) is 5.84. The van der Waals surface area contributed by atoms with Crippen LogP contribution in [0.3, 0.4) is 0 Å². The predicted molar refractivity (Wildman–Crippen MR) is 153 cm³/mol. The van der Waals surface area contributed by atoms with E-state index in [2.05, 4.69) is 29.7 Å². The van der Waals surface area contributed by atoms with Crippen molar-refractivity contribution < 1.29 is 19.5 Å². The maximum atomic E-state index is 13.7. The second-order valence-electron chi connectivity index (χ2n) is 11.5. The van der Waals surface area contributed by atoms with Crippen molar-refractivity contribution in [3.8, 4) is 0 Å². The van der Waals surface area contributed by atoms with E-state index in [4.69, 9.17) is 0 Å². The van der Waals surface area contributed by atoms with Gasteiger partial charge in [-0.15, -0.1) is 0 Å². The number of carboxylic acid groups (broad SMARTS) is 1. The molecule has 0 unspecified atom stereocenters. The molecule has 3 N–H and O–H groups in total. The summed E-state index contributed by atoms with van der Waals surface area (Å²) < 4.78 is 0. The maximum Gasteiger partial charge on any atom is 0.311 e. The molecule has 39 heavy (non-hydrogen) atoms. The third-order valence-corrected chi connectivity index (χ3v) is 8.07. The third kappa shape index (κ3) is 6.70. The number of aryl methyl sites for hydroxylation is 1. The molecule has 2 amide bonds. The minimum absolute atomic E-state index is 0.102. The number of carbonyl (C=O) groups is 3. The SMILES string of the molecule is Cc1ccccc1Nc1cccc(CN2CCCC[C@H](NC(=O)[C@H](CC(C)C)C3(C(=O)O)CC=CC3)C2=O)c1. The van der Waals surface area contributed by atoms with Crippen LogP contribution in [0, 0.1) is 24.2 Å². The largest absolute Gasteiger partial charge is 0.481 e. The van der Waals surface area contributed by atoms with Crippen molar-refractivity contribution in [3.63, 3.8) is 0 Å². The number of anilines is 2. The number of rotatable bonds is 10. The van der Waals surface area contributed by atoms with Gasteiger partial charge in [-0.1, -0.05) is 56.3 Å². The predicted octanol–water partition coefficient (Wildman–Crippen LogP) is 5.82. The number of hydrogen-bond acceptors (Lipinski definition) is 4. The summed E-state index contributed by atoms with van der Waals surface area (Å²) in [6.45, 7) is 7.13. The molecule has 7 nitrogen and oxygen atoms in total. The Hall–Kier alpha value is -3.61. The first-order valence-corrected chi connectivity index (χ1v) is 14.1. The molecular formula is C32H41N3O4. The van der Waals surface area contributed by atoms with Crippen LogP contribution >= 0.6 is 0 Å². The van der Waals surface area contributed by atoms with Crippen molar-refractivity contribution >= 4 is 29.2 Å². The quantitative estimate of drug-likeness (QED) is 0.336. The molecule has 2 aromatic rings. The van der Waals surface area contributed by atoms with Crippen molar-refractivity contribution in [3.05, 3.63) is 71.8 Å². The molecule has 7 heteroatoms. The van der Waals surface area contributed by atoms with Crippen LogP contribution in [0.15, 0.2) is 60.7 Å². The van der Waals surface area contributed by atoms with Gasteiger partial charge < -0.3 is 20.6 Å². The lowest BCUT2D eigenvalue weighted by Crippen LogP contribution is -2.52. The summed E-state index contributed by atoms with van der Waals surface area (Å²) in [6, 6.07) is 15.5. The number of allylic oxidation sites excluding steroid dienone is 2. The number of amides is 2. The van der Waals surface area contributed by atoms with Crippen LogP contribution in [-0.4, -0.2) is 40.4 Å². The Kier molecular flexibility index (Phi) is 9.10. The zero-order chi connectivity index (χ0) is 28.0. The van der Waals surface area contributed by atoms with Crippen LogP contribution in [0.25, 0.3) is 0 Å². The minimum Gasteiger partial charge on any atom is -0.481 e. The first kappa shape index (κ1) is 28.4. The molecule has 1 aliphatic heterocycles. The molecule has 1 aliphatic carbocycles. The molecular weight excluding hydrogens is 490 g/mol. The van der Waals surface area contributed by atoms with E-state index in [-0.39, 0.29) is 17.7 Å². The first-order chi connectivity index (χ1) is 18.7. The van der Waals surface area contributed by atoms with Crippen molar-refractivity contribution in [2.75, 3.05) is 11.9 Å². The monoisotopic (exact) mass is 531 g/mol. The highest BCUT2D eigenvalue weighted by Crippen LogP contribution is 2.44. The summed E-state index contributed by atoms with van der Waals surface area (Å²) in [6.07, 6.45) is 7.09. The van der Waals surface area contributed by atoms with Gasteiger partial charge in [0.1, 0.15) is 6.04 Å². The average molecular weight is 532 g/mol. The normalized spacial score (nSPS) is 19.5. The zero-order valence-electron chi connectivity index (χ0n) is 23.3. The first-order valence-electron chi connectivity index (χ1n) is 14.1. The number of nitrogens with zero attached hydrogens (tertiary/aromatic N) is 1. The van der Waals surface area contributed by atoms with Gasteiger partial charge in [0.15, 0.2) is 0 Å². The molecule has 1 heterocycles. The van der Waals surface area contributed by atoms with Crippen LogP contribution in [0.1, 0.15) is 63.5 Å². The van der Waals surface area contributed by atoms with Gasteiger partial charge in [-0.2, -0.15) is 0 Å². The summed E-state index contributed by atoms with van der Waals surface area (Å²) >= 11 is 0. The van der Waals surface area contributed by atoms with E-state index in [1.165, 1.54) is 0 Å². The van der Waals surface area contributed by atoms with E-state index in [1.54, 1.807) is 0 Å². The Bertz CT molecular complexity index is 1210. The highest BCUT2D eigenvalue weighted by molar-refractivity contribution is 5.92. The van der Waals surface area contributed by atoms with E-state index in [0.29, 0.717) is 38.8 Å². The van der Waals surface area contributed by atoms with Gasteiger partial charge in [-0.05, 0) is 80.7 Å². The number of benzene rings is 2. The van der Waals surface area contributed by atoms with Gasteiger partial charge in [0.05, 0.1) is 11.3 Å². The standard InChI is InChI=1S/C32H41N3O4/c1-22(2)19-26(32(31(38)39)16-7-8-17-32)29(36)34-28-15-6-9-18-35(30(28)37)21-24-12-10-13-25(20-24)33-27-14-5-4-11-23(27)3/h4-5,7-8,10-14,20,22,26,28,33H,6,9,15-19,21H2,1-3H3,(H,34,36)(H,38,39)/t26-,28-/m0/s1. The number of hydrogen-bond donors (Lipinski definition) is 3. The number of carbonyl (C=O) groups excluding carboxylic acids is 2. The second kappa shape index (κ2) is 12.5. The summed E-state index contributed by atoms with van der Waals surface area (Å²) in [7, 11) is 0. The highest BCUT2D eigenvalue weighted by atomic mass is 16.4. The van der Waals surface area contributed by atoms with Gasteiger partial charge >= 0.3 is 5.97 Å². The Balaban J connectivity index is 1.47. The van der Waals surface area contributed by atoms with Gasteiger partial charge in [0.2, 0.25) is 11.8 Å². The number of likely N-dealkylation sites (tertiary alicyclic amines) is 1. The maximum absolute atomic E-state index is 13.7. The molecule has 2 aromatic carbocycles. The van der Waals surface area contributed by atoms with Crippen molar-refractivity contribution in [1.82, 2.24) is 10.2 Å². The minimum atomic E-state index is -1.15. The number of para-hydroxylation sites is 1. The molecule has 1 fully saturated rings. The lowest BCUT2D eigenvalue weighted by Gasteiger charge is -2.35. The lowest BCUT2D eigenvalue weighted by molar-refractivity contribution is -0.157. The highest BCUT2D eigenvalue weighted by Gasteiger charge is 2.50. The van der Waals surface area contributed by atoms with E-state index < -0.39 is 23.3 Å². The topological polar surface area (TPSA) is 98.7 Å². The van der Waals surface area contributed by atoms with Crippen LogP contribution < -0.4 is 10.6 Å². The van der Waals surface area contributed by atoms with Gasteiger partial charge in [0, 0.05) is 24.5 Å². The van der Waals surface area contributed by atoms with E-state index in [0.717, 1.165) is 35.3 Å². The summed E-state index contributed by atoms with van der Waals surface area (Å²) in [5, 5.41) is 16.6. The number of nitrogens with one attached hydrogen (secondary N) is 2. The summed E-state index contributed by atoms with van der Waals surface area (Å²) in [5.74, 6) is -1.91. The Morgan fingerprint density at radius 2 is 1.82 bits per heavy atom. The molecule has 2 aliphatic rings. The molecule has 0 spiro atoms. The van der Waals surface area contributed by atoms with Gasteiger partial charge in [-0.25, -0.2) is 0 Å². The molecule has 0 saturated carbocycles. The van der Waals surface area contributed by atoms with Crippen LogP contribution in [0.4, 0.5) is 11.4 Å². The molecule has 2 atom stereocenters. The molecule has 208 valence electrons. The molecule has 0 aromatic heterocycles. The summed E-state index contributed by atoms with van der Waals surface area (Å²) in [4.78, 5) is 41.5. The zero-order valence-corrected chi connectivity index (χ0v) is 23.3. The van der Waals surface area contributed by atoms with Crippen LogP contribution in [0.2, 0.25) is 0 Å². The van der Waals surface area contributed by atoms with E-state index in [1.807, 2.05) is 67.3 Å². The van der Waals surface area contributed by atoms with E-state index in [9.17, 15) is 19.5 Å². The van der Waals surface area contributed by atoms with Crippen molar-refractivity contribution in [1.29, 1.82) is 0 Å². The molecule has 0 bridgehead atoms. The van der Waals surface area contributed by atoms with Crippen molar-refractivity contribution in [2.24, 2.45) is 17.3 Å². The van der Waals surface area contributed by atoms with Gasteiger partial charge in [-0.3, -0.25) is 14.4 Å². The average Bonchev–Trinajstić information content (AvgIpc) is 3.34. The van der Waals surface area contributed by atoms with Crippen LogP contribution in [0.5, 0.6) is 0 Å². The van der Waals surface area contributed by atoms with Crippen LogP contribution in [-0.2, 0) is 20.9 Å². The fourth-order valence-electron chi connectivity index (χ4n) is 5.84. The van der Waals surface area contributed by atoms with E-state index >= 15 is 0 Å². The molecule has 4 rings (SSSR count). The Morgan fingerprint density at radius 3 is 2.51 bits per heavy atom. The Morgan fingerprint density at radius 1 is 1.08 bits per heavy atom. The number of carboxylic acids is 1. The van der Waals surface area contributed by atoms with Crippen molar-refractivity contribution in [2.45, 2.75) is 71.9 Å². The third-order valence-electron chi connectivity index (χ3n) is 8.07. The lowest BCUT2D eigenvalue weighted by atomic mass is 9.69. The summed E-state index contributed by atoms with van der Waals surface area (Å²) in [5.41, 5.74) is 3.00. The fraction of sp³-hybridized carbons (Fsp3) is 0.469.